The van der Waals surface area contributed by atoms with Crippen LogP contribution < -0.4 is 15.4 Å². The summed E-state index contributed by atoms with van der Waals surface area (Å²) in [5.41, 5.74) is 5.67. The third-order valence-electron chi connectivity index (χ3n) is 4.32. The predicted octanol–water partition coefficient (Wildman–Crippen LogP) is -0.201. The Kier molecular flexibility index (Phi) is 2.60. The molecule has 1 spiro atoms. The van der Waals surface area contributed by atoms with E-state index >= 15 is 0 Å². The minimum Gasteiger partial charge on any atom is -0.486 e. The zero-order valence-electron chi connectivity index (χ0n) is 10.5. The van der Waals surface area contributed by atoms with Crippen molar-refractivity contribution in [3.63, 3.8) is 0 Å². The molecule has 0 aromatic heterocycles. The molecule has 0 amide bonds. The van der Waals surface area contributed by atoms with Crippen LogP contribution in [0.2, 0.25) is 0 Å². The van der Waals surface area contributed by atoms with Gasteiger partial charge in [0.05, 0.1) is 25.7 Å². The van der Waals surface area contributed by atoms with Crippen molar-refractivity contribution in [2.24, 2.45) is 0 Å². The van der Waals surface area contributed by atoms with Crippen molar-refractivity contribution in [2.45, 2.75) is 30.9 Å². The van der Waals surface area contributed by atoms with E-state index in [1.807, 2.05) is 0 Å². The molecule has 1 saturated heterocycles. The van der Waals surface area contributed by atoms with Crippen LogP contribution in [0, 0.1) is 0 Å². The quantitative estimate of drug-likeness (QED) is 0.641. The Hall–Kier alpha value is -1.06. The van der Waals surface area contributed by atoms with Gasteiger partial charge in [-0.25, -0.2) is 0 Å². The number of likely N-dealkylation sites (tertiary alicyclic amines) is 1. The average molecular weight is 234 g/mol. The Bertz CT molecular complexity index is 410. The standard InChI is InChI=1S/C14H20N2O/c1-16-8-6-14(7-9-16)10-12(15)11-4-2-3-5-13(11)17-14/h2-5,12H,6-10,15H2,1H3/p+2/t12-/m1/s1. The second kappa shape index (κ2) is 4.00. The number of fused-ring (bicyclic) bond motifs is 1. The molecular weight excluding hydrogens is 212 g/mol. The summed E-state index contributed by atoms with van der Waals surface area (Å²) in [6, 6.07) is 8.78. The van der Waals surface area contributed by atoms with Gasteiger partial charge >= 0.3 is 0 Å². The molecule has 1 aromatic rings. The van der Waals surface area contributed by atoms with E-state index in [9.17, 15) is 0 Å². The molecule has 1 aromatic carbocycles. The fraction of sp³-hybridized carbons (Fsp3) is 0.571. The van der Waals surface area contributed by atoms with Crippen molar-refractivity contribution >= 4 is 0 Å². The van der Waals surface area contributed by atoms with Crippen LogP contribution in [0.4, 0.5) is 0 Å². The number of rotatable bonds is 0. The molecule has 92 valence electrons. The smallest absolute Gasteiger partial charge is 0.129 e. The second-order valence-corrected chi connectivity index (χ2v) is 5.68. The third-order valence-corrected chi connectivity index (χ3v) is 4.32. The minimum atomic E-state index is 0.0697. The van der Waals surface area contributed by atoms with Crippen LogP contribution in [0.25, 0.3) is 0 Å². The normalized spacial score (nSPS) is 36.4. The number of nitrogens with one attached hydrogen (secondary N) is 1. The molecule has 3 heteroatoms. The maximum absolute atomic E-state index is 6.33. The van der Waals surface area contributed by atoms with Gasteiger partial charge in [-0.2, -0.15) is 0 Å². The largest absolute Gasteiger partial charge is 0.486 e. The summed E-state index contributed by atoms with van der Waals surface area (Å²) in [4.78, 5) is 1.62. The lowest BCUT2D eigenvalue weighted by atomic mass is 9.81. The first-order chi connectivity index (χ1) is 8.19. The van der Waals surface area contributed by atoms with Gasteiger partial charge in [0.1, 0.15) is 17.4 Å². The topological polar surface area (TPSA) is 41.3 Å². The number of ether oxygens (including phenoxy) is 1. The highest BCUT2D eigenvalue weighted by molar-refractivity contribution is 5.37. The van der Waals surface area contributed by atoms with Crippen molar-refractivity contribution in [3.8, 4) is 5.75 Å². The molecule has 2 aliphatic heterocycles. The predicted molar refractivity (Wildman–Crippen MR) is 65.9 cm³/mol. The third kappa shape index (κ3) is 1.94. The first kappa shape index (κ1) is 11.1. The summed E-state index contributed by atoms with van der Waals surface area (Å²) in [6.07, 6.45) is 3.41. The number of hydrogen-bond donors (Lipinski definition) is 2. The van der Waals surface area contributed by atoms with Crippen LogP contribution in [0.3, 0.4) is 0 Å². The van der Waals surface area contributed by atoms with Gasteiger partial charge in [-0.3, -0.25) is 0 Å². The van der Waals surface area contributed by atoms with Crippen LogP contribution in [0.5, 0.6) is 5.75 Å². The lowest BCUT2D eigenvalue weighted by Gasteiger charge is -2.43. The number of benzene rings is 1. The monoisotopic (exact) mass is 234 g/mol. The van der Waals surface area contributed by atoms with Gasteiger partial charge in [0.2, 0.25) is 0 Å². The fourth-order valence-electron chi connectivity index (χ4n) is 3.18. The van der Waals surface area contributed by atoms with E-state index in [2.05, 4.69) is 37.0 Å². The average Bonchev–Trinajstić information content (AvgIpc) is 2.34. The highest BCUT2D eigenvalue weighted by Gasteiger charge is 2.44. The van der Waals surface area contributed by atoms with Crippen LogP contribution in [-0.2, 0) is 0 Å². The minimum absolute atomic E-state index is 0.0697. The summed E-state index contributed by atoms with van der Waals surface area (Å²) < 4.78 is 6.33. The number of piperidine rings is 1. The Morgan fingerprint density at radius 1 is 1.29 bits per heavy atom. The first-order valence-corrected chi connectivity index (χ1v) is 6.61. The van der Waals surface area contributed by atoms with Crippen LogP contribution in [-0.4, -0.2) is 25.7 Å². The van der Waals surface area contributed by atoms with Crippen LogP contribution in [0.15, 0.2) is 24.3 Å². The number of para-hydroxylation sites is 1. The van der Waals surface area contributed by atoms with E-state index in [-0.39, 0.29) is 5.60 Å². The molecule has 2 heterocycles. The maximum Gasteiger partial charge on any atom is 0.129 e. The van der Waals surface area contributed by atoms with Crippen molar-refractivity contribution in [1.82, 2.24) is 0 Å². The molecule has 4 N–H and O–H groups in total. The SMILES string of the molecule is C[NH+]1CCC2(CC1)C[C@@H]([NH3+])c1ccccc1O2. The van der Waals surface area contributed by atoms with Crippen molar-refractivity contribution in [3.05, 3.63) is 29.8 Å². The van der Waals surface area contributed by atoms with Gasteiger partial charge in [0, 0.05) is 19.3 Å². The zero-order valence-corrected chi connectivity index (χ0v) is 10.5. The molecule has 3 nitrogen and oxygen atoms in total. The lowest BCUT2D eigenvalue weighted by Crippen LogP contribution is -3.10. The highest BCUT2D eigenvalue weighted by Crippen LogP contribution is 2.40. The summed E-state index contributed by atoms with van der Waals surface area (Å²) in [7, 11) is 2.27. The molecule has 0 saturated carbocycles. The van der Waals surface area contributed by atoms with Crippen LogP contribution in [0.1, 0.15) is 30.9 Å². The number of quaternary nitrogens is 2. The Balaban J connectivity index is 1.88. The molecule has 0 aliphatic carbocycles. The first-order valence-electron chi connectivity index (χ1n) is 6.61. The molecule has 1 fully saturated rings. The number of hydrogen-bond acceptors (Lipinski definition) is 1. The van der Waals surface area contributed by atoms with E-state index in [0.29, 0.717) is 6.04 Å². The molecular formula is C14H22N2O+2. The van der Waals surface area contributed by atoms with Gasteiger partial charge in [-0.15, -0.1) is 0 Å². The Labute approximate surface area is 103 Å². The van der Waals surface area contributed by atoms with Crippen molar-refractivity contribution in [1.29, 1.82) is 0 Å². The van der Waals surface area contributed by atoms with E-state index < -0.39 is 0 Å². The van der Waals surface area contributed by atoms with Crippen molar-refractivity contribution in [2.75, 3.05) is 20.1 Å². The second-order valence-electron chi connectivity index (χ2n) is 5.68. The summed E-state index contributed by atoms with van der Waals surface area (Å²) in [6.45, 7) is 2.43. The molecule has 0 radical (unpaired) electrons. The fourth-order valence-corrected chi connectivity index (χ4v) is 3.18. The molecule has 17 heavy (non-hydrogen) atoms. The molecule has 1 atom stereocenters. The molecule has 3 rings (SSSR count). The van der Waals surface area contributed by atoms with Gasteiger partial charge in [-0.1, -0.05) is 12.1 Å². The van der Waals surface area contributed by atoms with E-state index in [1.54, 1.807) is 4.90 Å². The molecule has 2 aliphatic rings. The lowest BCUT2D eigenvalue weighted by molar-refractivity contribution is -0.887. The van der Waals surface area contributed by atoms with Crippen LogP contribution >= 0.6 is 0 Å². The van der Waals surface area contributed by atoms with Gasteiger partial charge in [0.25, 0.3) is 0 Å². The molecule has 0 bridgehead atoms. The van der Waals surface area contributed by atoms with E-state index in [1.165, 1.54) is 31.5 Å². The zero-order chi connectivity index (χ0) is 11.9. The van der Waals surface area contributed by atoms with E-state index in [0.717, 1.165) is 12.2 Å². The Morgan fingerprint density at radius 3 is 2.76 bits per heavy atom. The van der Waals surface area contributed by atoms with Crippen molar-refractivity contribution < 1.29 is 15.4 Å². The maximum atomic E-state index is 6.33. The van der Waals surface area contributed by atoms with Gasteiger partial charge < -0.3 is 15.4 Å². The Morgan fingerprint density at radius 2 is 2.00 bits per heavy atom. The molecule has 0 unspecified atom stereocenters. The van der Waals surface area contributed by atoms with E-state index in [4.69, 9.17) is 4.74 Å². The van der Waals surface area contributed by atoms with Gasteiger partial charge in [-0.05, 0) is 12.1 Å². The summed E-state index contributed by atoms with van der Waals surface area (Å²) in [5, 5.41) is 0. The van der Waals surface area contributed by atoms with Gasteiger partial charge in [0.15, 0.2) is 0 Å². The summed E-state index contributed by atoms with van der Waals surface area (Å²) >= 11 is 0. The summed E-state index contributed by atoms with van der Waals surface area (Å²) in [5.74, 6) is 1.07. The highest BCUT2D eigenvalue weighted by atomic mass is 16.5.